The summed E-state index contributed by atoms with van der Waals surface area (Å²) in [5, 5.41) is 21.9. The number of hydrogen-bond acceptors (Lipinski definition) is 10. The fourth-order valence-corrected chi connectivity index (χ4v) is 8.43. The average molecular weight is 873 g/mol. The second-order valence-corrected chi connectivity index (χ2v) is 16.4. The van der Waals surface area contributed by atoms with E-state index in [1.54, 1.807) is 73.3 Å². The number of nitrogens with one attached hydrogen (secondary N) is 2. The second kappa shape index (κ2) is 15.9. The van der Waals surface area contributed by atoms with Gasteiger partial charge in [-0.25, -0.2) is 23.1 Å². The SMILES string of the molecule is CC(C)(O)CCOc1ccc(-c2cn(-c3ccc(C4OC5C(Oc6ccc(-c7cn(-c8cc(F)cc(F)c8)c8nc[nH]c(=O)c78)cc6)COC5C4O)c(F)c3)c3nc[nH]c(=O)c23)cc1. The number of H-pyrrole nitrogens is 2. The quantitative estimate of drug-likeness (QED) is 0.110. The fraction of sp³-hybridized carbons (Fsp3) is 0.234. The fourth-order valence-electron chi connectivity index (χ4n) is 8.43. The summed E-state index contributed by atoms with van der Waals surface area (Å²) in [6.07, 6.45) is 1.70. The normalized spacial score (nSPS) is 19.7. The van der Waals surface area contributed by atoms with Crippen molar-refractivity contribution in [1.82, 2.24) is 29.1 Å². The van der Waals surface area contributed by atoms with Gasteiger partial charge >= 0.3 is 0 Å². The van der Waals surface area contributed by atoms with E-state index in [9.17, 15) is 28.6 Å². The Kier molecular flexibility index (Phi) is 10.2. The summed E-state index contributed by atoms with van der Waals surface area (Å²) in [6, 6.07) is 21.5. The number of ether oxygens (including phenoxy) is 4. The molecule has 0 bridgehead atoms. The Balaban J connectivity index is 0.863. The molecule has 0 aliphatic carbocycles. The van der Waals surface area contributed by atoms with Gasteiger partial charge in [0.25, 0.3) is 11.1 Å². The van der Waals surface area contributed by atoms with Crippen LogP contribution in [0.1, 0.15) is 31.9 Å². The van der Waals surface area contributed by atoms with E-state index in [1.165, 1.54) is 29.4 Å². The smallest absolute Gasteiger partial charge is 0.260 e. The number of aromatic amines is 2. The van der Waals surface area contributed by atoms with Crippen molar-refractivity contribution >= 4 is 22.1 Å². The van der Waals surface area contributed by atoms with E-state index in [0.29, 0.717) is 63.5 Å². The molecule has 2 saturated heterocycles. The minimum absolute atomic E-state index is 0.0913. The zero-order valence-electron chi connectivity index (χ0n) is 34.2. The molecule has 0 radical (unpaired) electrons. The molecule has 4 aromatic heterocycles. The summed E-state index contributed by atoms with van der Waals surface area (Å²) in [5.41, 5.74) is 1.82. The Morgan fingerprint density at radius 3 is 1.92 bits per heavy atom. The van der Waals surface area contributed by atoms with Crippen LogP contribution < -0.4 is 20.6 Å². The van der Waals surface area contributed by atoms with Crippen LogP contribution in [0.5, 0.6) is 11.5 Å². The molecule has 64 heavy (non-hydrogen) atoms. The number of halogens is 3. The molecule has 14 nitrogen and oxygen atoms in total. The van der Waals surface area contributed by atoms with Crippen molar-refractivity contribution in [2.75, 3.05) is 13.2 Å². The topological polar surface area (TPSA) is 179 Å². The van der Waals surface area contributed by atoms with Gasteiger partial charge in [-0.2, -0.15) is 0 Å². The number of nitrogens with zero attached hydrogens (tertiary/aromatic N) is 4. The van der Waals surface area contributed by atoms with E-state index in [4.69, 9.17) is 18.9 Å². The van der Waals surface area contributed by atoms with Crippen molar-refractivity contribution < 1.29 is 42.3 Å². The van der Waals surface area contributed by atoms with Gasteiger partial charge in [-0.15, -0.1) is 0 Å². The minimum atomic E-state index is -1.22. The van der Waals surface area contributed by atoms with Crippen molar-refractivity contribution in [3.63, 3.8) is 0 Å². The van der Waals surface area contributed by atoms with Gasteiger partial charge in [-0.05, 0) is 73.5 Å². The molecule has 0 amide bonds. The first-order chi connectivity index (χ1) is 30.8. The summed E-state index contributed by atoms with van der Waals surface area (Å²) in [4.78, 5) is 40.0. The maximum absolute atomic E-state index is 16.2. The third-order valence-electron chi connectivity index (χ3n) is 11.6. The van der Waals surface area contributed by atoms with Gasteiger partial charge < -0.3 is 48.3 Å². The van der Waals surface area contributed by atoms with E-state index in [1.807, 2.05) is 12.1 Å². The highest BCUT2D eigenvalue weighted by Gasteiger charge is 2.54. The molecule has 10 rings (SSSR count). The van der Waals surface area contributed by atoms with Gasteiger partial charge in [0.2, 0.25) is 0 Å². The highest BCUT2D eigenvalue weighted by molar-refractivity contribution is 5.95. The van der Waals surface area contributed by atoms with Gasteiger partial charge in [-0.1, -0.05) is 30.3 Å². The first kappa shape index (κ1) is 41.0. The average Bonchev–Trinajstić information content (AvgIpc) is 4.04. The van der Waals surface area contributed by atoms with E-state index in [-0.39, 0.29) is 34.5 Å². The van der Waals surface area contributed by atoms with Crippen LogP contribution in [0, 0.1) is 17.5 Å². The van der Waals surface area contributed by atoms with E-state index < -0.39 is 59.1 Å². The number of aliphatic hydroxyl groups is 2. The molecule has 5 unspecified atom stereocenters. The molecule has 5 atom stereocenters. The Bertz CT molecular complexity index is 3160. The molecule has 2 aliphatic heterocycles. The number of benzene rings is 4. The third kappa shape index (κ3) is 7.51. The van der Waals surface area contributed by atoms with Crippen molar-refractivity contribution in [2.24, 2.45) is 0 Å². The lowest BCUT2D eigenvalue weighted by Gasteiger charge is -2.21. The number of fused-ring (bicyclic) bond motifs is 3. The van der Waals surface area contributed by atoms with Crippen LogP contribution in [0.25, 0.3) is 55.7 Å². The van der Waals surface area contributed by atoms with Crippen LogP contribution in [0.3, 0.4) is 0 Å². The van der Waals surface area contributed by atoms with Gasteiger partial charge in [0.05, 0.1) is 47.9 Å². The van der Waals surface area contributed by atoms with Crippen molar-refractivity contribution in [2.45, 2.75) is 56.4 Å². The Morgan fingerprint density at radius 2 is 1.34 bits per heavy atom. The lowest BCUT2D eigenvalue weighted by molar-refractivity contribution is -0.0412. The molecule has 2 aliphatic rings. The predicted octanol–water partition coefficient (Wildman–Crippen LogP) is 6.68. The standard InChI is InChI=1S/C47H39F3N6O8/c1-47(2,60)13-14-61-30-8-3-24(4-9-30)33-19-55(43-37(33)45(58)53-22-51-43)28-7-12-32(35(50)18-28)40-39(57)42-41(64-40)36(21-62-42)63-31-10-5-25(6-11-31)34-20-56(29-16-26(48)15-27(49)17-29)44-38(34)46(59)54-23-52-44/h3-12,15-20,22-23,36,39-42,57,60H,13-14,21H2,1-2H3,(H,51,53,58)(H,52,54,59). The lowest BCUT2D eigenvalue weighted by Crippen LogP contribution is -2.34. The molecule has 0 spiro atoms. The number of aromatic nitrogens is 6. The molecule has 8 aromatic rings. The molecule has 6 heterocycles. The van der Waals surface area contributed by atoms with Crippen LogP contribution >= 0.6 is 0 Å². The first-order valence-corrected chi connectivity index (χ1v) is 20.4. The lowest BCUT2D eigenvalue weighted by atomic mass is 10.0. The summed E-state index contributed by atoms with van der Waals surface area (Å²) in [7, 11) is 0. The zero-order chi connectivity index (χ0) is 44.4. The van der Waals surface area contributed by atoms with Gasteiger partial charge in [-0.3, -0.25) is 9.59 Å². The predicted molar refractivity (Wildman–Crippen MR) is 228 cm³/mol. The summed E-state index contributed by atoms with van der Waals surface area (Å²) < 4.78 is 71.9. The molecule has 4 N–H and O–H groups in total. The Hall–Kier alpha value is -7.05. The molecule has 0 saturated carbocycles. The van der Waals surface area contributed by atoms with E-state index in [2.05, 4.69) is 19.9 Å². The van der Waals surface area contributed by atoms with E-state index >= 15 is 4.39 Å². The summed E-state index contributed by atoms with van der Waals surface area (Å²) in [6.45, 7) is 3.83. The molecule has 326 valence electrons. The second-order valence-electron chi connectivity index (χ2n) is 16.4. The highest BCUT2D eigenvalue weighted by atomic mass is 19.1. The number of hydrogen-bond donors (Lipinski definition) is 4. The maximum Gasteiger partial charge on any atom is 0.260 e. The molecule has 2 fully saturated rings. The third-order valence-corrected chi connectivity index (χ3v) is 11.6. The summed E-state index contributed by atoms with van der Waals surface area (Å²) in [5.74, 6) is -1.20. The number of aliphatic hydroxyl groups excluding tert-OH is 1. The molecule has 4 aromatic carbocycles. The van der Waals surface area contributed by atoms with E-state index in [0.717, 1.165) is 18.2 Å². The van der Waals surface area contributed by atoms with Gasteiger partial charge in [0.15, 0.2) is 17.4 Å². The zero-order valence-corrected chi connectivity index (χ0v) is 34.2. The van der Waals surface area contributed by atoms with Crippen molar-refractivity contribution in [3.8, 4) is 45.1 Å². The Morgan fingerprint density at radius 1 is 0.766 bits per heavy atom. The van der Waals surface area contributed by atoms with Crippen molar-refractivity contribution in [3.05, 3.63) is 154 Å². The maximum atomic E-state index is 16.2. The minimum Gasteiger partial charge on any atom is -0.493 e. The first-order valence-electron chi connectivity index (χ1n) is 20.4. The van der Waals surface area contributed by atoms with Crippen LogP contribution in [-0.2, 0) is 9.47 Å². The monoisotopic (exact) mass is 872 g/mol. The molecular formula is C47H39F3N6O8. The van der Waals surface area contributed by atoms with Crippen LogP contribution in [0.4, 0.5) is 13.2 Å². The van der Waals surface area contributed by atoms with Crippen LogP contribution in [-0.4, -0.2) is 82.5 Å². The van der Waals surface area contributed by atoms with Crippen molar-refractivity contribution in [1.29, 1.82) is 0 Å². The molecule has 17 heteroatoms. The van der Waals surface area contributed by atoms with Crippen LogP contribution in [0.15, 0.2) is 120 Å². The number of rotatable bonds is 11. The highest BCUT2D eigenvalue weighted by Crippen LogP contribution is 2.42. The van der Waals surface area contributed by atoms with Gasteiger partial charge in [0, 0.05) is 47.3 Å². The summed E-state index contributed by atoms with van der Waals surface area (Å²) >= 11 is 0. The Labute approximate surface area is 361 Å². The van der Waals surface area contributed by atoms with Gasteiger partial charge in [0.1, 0.15) is 53.4 Å². The van der Waals surface area contributed by atoms with Crippen LogP contribution in [0.2, 0.25) is 0 Å². The molecular weight excluding hydrogens is 834 g/mol. The largest absolute Gasteiger partial charge is 0.493 e.